The summed E-state index contributed by atoms with van der Waals surface area (Å²) in [5, 5.41) is 0.185. The van der Waals surface area contributed by atoms with Gasteiger partial charge in [0.25, 0.3) is 6.01 Å². The lowest BCUT2D eigenvalue weighted by Crippen LogP contribution is -2.37. The summed E-state index contributed by atoms with van der Waals surface area (Å²) in [6, 6.07) is 15.7. The summed E-state index contributed by atoms with van der Waals surface area (Å²) in [4.78, 5) is 31.0. The second kappa shape index (κ2) is 9.85. The van der Waals surface area contributed by atoms with E-state index in [1.54, 1.807) is 13.0 Å². The molecule has 0 bridgehead atoms. The standard InChI is InChI=1S/C30H31N3O5/c1-6-36-29(35)24-23(21-13-11-20(12-14-21)17(4)5)25-27(38-30(31)32-25)33-22(28(34)37-26(24)33)15-18-7-9-19(10-8-18)16(2)3/h7-17,23H,6H2,1-5H3,(H2,31,32)/b22-15+. The van der Waals surface area contributed by atoms with Crippen LogP contribution in [-0.4, -0.2) is 22.1 Å². The molecule has 2 aromatic heterocycles. The van der Waals surface area contributed by atoms with E-state index in [4.69, 9.17) is 19.3 Å². The van der Waals surface area contributed by atoms with E-state index >= 15 is 0 Å². The van der Waals surface area contributed by atoms with Gasteiger partial charge in [0.05, 0.1) is 12.5 Å². The van der Waals surface area contributed by atoms with Crippen LogP contribution in [0.1, 0.15) is 80.3 Å². The van der Waals surface area contributed by atoms with Crippen LogP contribution in [0.5, 0.6) is 0 Å². The number of aromatic nitrogens is 2. The lowest BCUT2D eigenvalue weighted by Gasteiger charge is -2.22. The molecule has 0 spiro atoms. The molecule has 0 fully saturated rings. The molecule has 8 nitrogen and oxygen atoms in total. The van der Waals surface area contributed by atoms with E-state index in [0.29, 0.717) is 17.5 Å². The molecule has 3 heterocycles. The van der Waals surface area contributed by atoms with Gasteiger partial charge in [-0.2, -0.15) is 4.98 Å². The zero-order chi connectivity index (χ0) is 27.1. The fourth-order valence-corrected chi connectivity index (χ4v) is 4.78. The number of nitrogen functional groups attached to an aromatic ring is 1. The van der Waals surface area contributed by atoms with Crippen LogP contribution < -0.4 is 22.3 Å². The minimum atomic E-state index is -0.699. The highest BCUT2D eigenvalue weighted by molar-refractivity contribution is 6.12. The summed E-state index contributed by atoms with van der Waals surface area (Å²) >= 11 is 0. The van der Waals surface area contributed by atoms with Gasteiger partial charge < -0.3 is 19.3 Å². The first-order chi connectivity index (χ1) is 18.2. The van der Waals surface area contributed by atoms with Crippen LogP contribution >= 0.6 is 0 Å². The van der Waals surface area contributed by atoms with Crippen molar-refractivity contribution in [1.29, 1.82) is 0 Å². The first-order valence-corrected chi connectivity index (χ1v) is 12.8. The highest BCUT2D eigenvalue weighted by Crippen LogP contribution is 2.39. The van der Waals surface area contributed by atoms with Crippen molar-refractivity contribution < 1.29 is 18.4 Å². The Morgan fingerprint density at radius 3 is 2.21 bits per heavy atom. The molecule has 0 saturated heterocycles. The molecule has 2 N–H and O–H groups in total. The lowest BCUT2D eigenvalue weighted by atomic mass is 9.86. The topological polar surface area (TPSA) is 113 Å². The summed E-state index contributed by atoms with van der Waals surface area (Å²) in [7, 11) is 0. The van der Waals surface area contributed by atoms with E-state index in [9.17, 15) is 9.59 Å². The molecule has 5 rings (SSSR count). The van der Waals surface area contributed by atoms with Gasteiger partial charge >= 0.3 is 11.6 Å². The Balaban J connectivity index is 1.81. The minimum absolute atomic E-state index is 0.0417. The Morgan fingerprint density at radius 2 is 1.63 bits per heavy atom. The van der Waals surface area contributed by atoms with Gasteiger partial charge in [-0.15, -0.1) is 0 Å². The highest BCUT2D eigenvalue weighted by Gasteiger charge is 2.39. The molecule has 1 aliphatic rings. The van der Waals surface area contributed by atoms with E-state index in [-0.39, 0.29) is 35.0 Å². The molecule has 8 heteroatoms. The molecule has 38 heavy (non-hydrogen) atoms. The molecule has 0 radical (unpaired) electrons. The van der Waals surface area contributed by atoms with E-state index < -0.39 is 17.5 Å². The number of esters is 1. The van der Waals surface area contributed by atoms with Gasteiger partial charge in [0.1, 0.15) is 16.6 Å². The summed E-state index contributed by atoms with van der Waals surface area (Å²) in [5.74, 6) is -0.351. The Morgan fingerprint density at radius 1 is 1.03 bits per heavy atom. The van der Waals surface area contributed by atoms with Crippen LogP contribution in [0.15, 0.2) is 62.2 Å². The number of anilines is 1. The number of hydrogen-bond acceptors (Lipinski definition) is 7. The number of benzene rings is 2. The Labute approximate surface area is 220 Å². The minimum Gasteiger partial charge on any atom is -0.462 e. The summed E-state index contributed by atoms with van der Waals surface area (Å²) in [5.41, 5.74) is 9.91. The third-order valence-electron chi connectivity index (χ3n) is 6.83. The summed E-state index contributed by atoms with van der Waals surface area (Å²) in [6.07, 6.45) is 1.70. The molecule has 196 valence electrons. The predicted molar refractivity (Wildman–Crippen MR) is 145 cm³/mol. The molecule has 1 unspecified atom stereocenters. The molecule has 0 aliphatic carbocycles. The first-order valence-electron chi connectivity index (χ1n) is 12.8. The SMILES string of the molecule is CCOC(=O)C1=c2oc(=O)/c(=C\c3ccc(C(C)C)cc3)n2-c2oc(N)nc2C1c1ccc(C(C)C)cc1. The van der Waals surface area contributed by atoms with Crippen molar-refractivity contribution in [3.8, 4) is 5.88 Å². The van der Waals surface area contributed by atoms with Crippen molar-refractivity contribution >= 4 is 23.6 Å². The van der Waals surface area contributed by atoms with E-state index in [2.05, 4.69) is 32.7 Å². The average molecular weight is 514 g/mol. The van der Waals surface area contributed by atoms with Gasteiger partial charge in [-0.3, -0.25) is 0 Å². The molecule has 0 amide bonds. The Kier molecular flexibility index (Phi) is 6.57. The molecule has 1 atom stereocenters. The van der Waals surface area contributed by atoms with E-state index in [1.807, 2.05) is 48.5 Å². The zero-order valence-corrected chi connectivity index (χ0v) is 22.1. The number of hydrogen-bond donors (Lipinski definition) is 1. The molecular formula is C30H31N3O5. The maximum atomic E-state index is 13.4. The number of oxazole rings is 2. The Bertz CT molecular complexity index is 1670. The highest BCUT2D eigenvalue weighted by atomic mass is 16.5. The van der Waals surface area contributed by atoms with Gasteiger partial charge in [0.2, 0.25) is 11.4 Å². The van der Waals surface area contributed by atoms with E-state index in [0.717, 1.165) is 16.7 Å². The van der Waals surface area contributed by atoms with Crippen molar-refractivity contribution in [3.05, 3.63) is 97.8 Å². The summed E-state index contributed by atoms with van der Waals surface area (Å²) < 4.78 is 18.5. The van der Waals surface area contributed by atoms with Gasteiger partial charge in [0, 0.05) is 0 Å². The molecule has 0 saturated carbocycles. The second-order valence-electron chi connectivity index (χ2n) is 10.0. The van der Waals surface area contributed by atoms with Crippen molar-refractivity contribution in [2.75, 3.05) is 12.3 Å². The quantitative estimate of drug-likeness (QED) is 0.389. The maximum absolute atomic E-state index is 13.4. The normalized spacial score (nSPS) is 15.2. The third kappa shape index (κ3) is 4.36. The maximum Gasteiger partial charge on any atom is 0.362 e. The van der Waals surface area contributed by atoms with Crippen LogP contribution in [0.4, 0.5) is 6.01 Å². The van der Waals surface area contributed by atoms with Gasteiger partial charge in [-0.25, -0.2) is 14.2 Å². The molecule has 1 aliphatic heterocycles. The van der Waals surface area contributed by atoms with Crippen LogP contribution in [0, 0.1) is 0 Å². The third-order valence-corrected chi connectivity index (χ3v) is 6.83. The monoisotopic (exact) mass is 513 g/mol. The van der Waals surface area contributed by atoms with Crippen molar-refractivity contribution in [3.63, 3.8) is 0 Å². The van der Waals surface area contributed by atoms with Crippen LogP contribution in [-0.2, 0) is 9.53 Å². The number of carbonyl (C=O) groups excluding carboxylic acids is 1. The molecular weight excluding hydrogens is 482 g/mol. The van der Waals surface area contributed by atoms with Gasteiger partial charge in [-0.1, -0.05) is 76.2 Å². The van der Waals surface area contributed by atoms with E-state index in [1.165, 1.54) is 10.1 Å². The lowest BCUT2D eigenvalue weighted by molar-refractivity contribution is -0.136. The van der Waals surface area contributed by atoms with Crippen molar-refractivity contribution in [1.82, 2.24) is 9.55 Å². The van der Waals surface area contributed by atoms with Gasteiger partial charge in [-0.05, 0) is 47.1 Å². The van der Waals surface area contributed by atoms with Crippen molar-refractivity contribution in [2.45, 2.75) is 52.4 Å². The summed E-state index contributed by atoms with van der Waals surface area (Å²) in [6.45, 7) is 10.3. The number of ether oxygens (including phenoxy) is 1. The van der Waals surface area contributed by atoms with Crippen LogP contribution in [0.3, 0.4) is 0 Å². The van der Waals surface area contributed by atoms with Crippen molar-refractivity contribution in [2.24, 2.45) is 0 Å². The number of fused-ring (bicyclic) bond motifs is 3. The van der Waals surface area contributed by atoms with Crippen LogP contribution in [0.2, 0.25) is 0 Å². The first kappa shape index (κ1) is 25.3. The molecule has 2 aromatic carbocycles. The fourth-order valence-electron chi connectivity index (χ4n) is 4.78. The van der Waals surface area contributed by atoms with Gasteiger partial charge in [0.15, 0.2) is 0 Å². The number of nitrogens with zero attached hydrogens (tertiary/aromatic N) is 2. The zero-order valence-electron chi connectivity index (χ0n) is 22.1. The number of carbonyl (C=O) groups is 1. The number of rotatable bonds is 6. The average Bonchev–Trinajstić information content (AvgIpc) is 3.42. The largest absolute Gasteiger partial charge is 0.462 e. The molecule has 4 aromatic rings. The Hall–Kier alpha value is -4.33. The predicted octanol–water partition coefficient (Wildman–Crippen LogP) is 3.94. The number of nitrogens with two attached hydrogens (primary N) is 1. The fraction of sp³-hybridized carbons (Fsp3) is 0.300. The second-order valence-corrected chi connectivity index (χ2v) is 10.0. The van der Waals surface area contributed by atoms with Crippen LogP contribution in [0.25, 0.3) is 17.5 Å². The smallest absolute Gasteiger partial charge is 0.362 e.